The highest BCUT2D eigenvalue weighted by atomic mass is 16.3. The number of anilines is 1. The number of amides is 1. The first kappa shape index (κ1) is 11.9. The molecule has 4 nitrogen and oxygen atoms in total. The molecule has 84 valence electrons. The van der Waals surface area contributed by atoms with Crippen molar-refractivity contribution in [3.8, 4) is 18.1 Å². The fraction of sp³-hybridized carbons (Fsp3) is 0.250. The number of terminal acetylenes is 1. The Bertz CT molecular complexity index is 435. The van der Waals surface area contributed by atoms with Gasteiger partial charge in [-0.2, -0.15) is 0 Å². The van der Waals surface area contributed by atoms with Gasteiger partial charge in [0.1, 0.15) is 5.75 Å². The molecule has 0 bridgehead atoms. The molecule has 16 heavy (non-hydrogen) atoms. The Kier molecular flexibility index (Phi) is 3.78. The fourth-order valence-electron chi connectivity index (χ4n) is 1.22. The van der Waals surface area contributed by atoms with Gasteiger partial charge in [-0.15, -0.1) is 12.3 Å². The Balaban J connectivity index is 2.74. The number of nitrogen functional groups attached to an aromatic ring is 1. The van der Waals surface area contributed by atoms with Crippen LogP contribution in [0.25, 0.3) is 0 Å². The van der Waals surface area contributed by atoms with Gasteiger partial charge in [0.05, 0.1) is 5.69 Å². The summed E-state index contributed by atoms with van der Waals surface area (Å²) >= 11 is 0. The van der Waals surface area contributed by atoms with Crippen molar-refractivity contribution in [3.05, 3.63) is 23.8 Å². The Morgan fingerprint density at radius 2 is 2.38 bits per heavy atom. The van der Waals surface area contributed by atoms with Crippen LogP contribution < -0.4 is 11.1 Å². The number of carbonyl (C=O) groups excluding carboxylic acids is 1. The van der Waals surface area contributed by atoms with Gasteiger partial charge < -0.3 is 16.2 Å². The highest BCUT2D eigenvalue weighted by Crippen LogP contribution is 2.20. The van der Waals surface area contributed by atoms with Gasteiger partial charge in [0.15, 0.2) is 0 Å². The SMILES string of the molecule is C#CCC(C)NC(=O)c1ccc(N)c(O)c1. The van der Waals surface area contributed by atoms with Crippen LogP contribution in [0.5, 0.6) is 5.75 Å². The summed E-state index contributed by atoms with van der Waals surface area (Å²) in [5.41, 5.74) is 6.03. The summed E-state index contributed by atoms with van der Waals surface area (Å²) in [7, 11) is 0. The number of hydrogen-bond acceptors (Lipinski definition) is 3. The molecule has 4 heteroatoms. The topological polar surface area (TPSA) is 75.4 Å². The lowest BCUT2D eigenvalue weighted by molar-refractivity contribution is 0.0940. The van der Waals surface area contributed by atoms with E-state index >= 15 is 0 Å². The van der Waals surface area contributed by atoms with Crippen LogP contribution in [0.1, 0.15) is 23.7 Å². The lowest BCUT2D eigenvalue weighted by Gasteiger charge is -2.11. The van der Waals surface area contributed by atoms with E-state index in [1.807, 2.05) is 6.92 Å². The second-order valence-electron chi connectivity index (χ2n) is 3.56. The second-order valence-corrected chi connectivity index (χ2v) is 3.56. The van der Waals surface area contributed by atoms with Crippen molar-refractivity contribution < 1.29 is 9.90 Å². The number of benzene rings is 1. The van der Waals surface area contributed by atoms with Crippen LogP contribution in [0.2, 0.25) is 0 Å². The summed E-state index contributed by atoms with van der Waals surface area (Å²) in [5.74, 6) is 2.08. The summed E-state index contributed by atoms with van der Waals surface area (Å²) in [6.45, 7) is 1.81. The van der Waals surface area contributed by atoms with E-state index in [-0.39, 0.29) is 23.4 Å². The first-order valence-electron chi connectivity index (χ1n) is 4.87. The largest absolute Gasteiger partial charge is 0.506 e. The summed E-state index contributed by atoms with van der Waals surface area (Å²) in [5, 5.41) is 12.1. The van der Waals surface area contributed by atoms with Crippen LogP contribution in [0, 0.1) is 12.3 Å². The zero-order valence-electron chi connectivity index (χ0n) is 9.03. The van der Waals surface area contributed by atoms with E-state index in [1.54, 1.807) is 6.07 Å². The minimum absolute atomic E-state index is 0.0998. The number of nitrogens with one attached hydrogen (secondary N) is 1. The molecule has 0 aliphatic rings. The molecule has 0 saturated carbocycles. The van der Waals surface area contributed by atoms with Gasteiger partial charge in [0, 0.05) is 18.0 Å². The minimum Gasteiger partial charge on any atom is -0.506 e. The third kappa shape index (κ3) is 2.92. The van der Waals surface area contributed by atoms with Crippen molar-refractivity contribution in [2.24, 2.45) is 0 Å². The van der Waals surface area contributed by atoms with Gasteiger partial charge in [-0.1, -0.05) is 0 Å². The number of aromatic hydroxyl groups is 1. The molecule has 1 amide bonds. The Morgan fingerprint density at radius 3 is 2.94 bits per heavy atom. The predicted octanol–water partition coefficient (Wildman–Crippen LogP) is 1.12. The summed E-state index contributed by atoms with van der Waals surface area (Å²) in [6, 6.07) is 4.26. The number of phenols is 1. The number of hydrogen-bond donors (Lipinski definition) is 3. The summed E-state index contributed by atoms with van der Waals surface area (Å²) in [6.07, 6.45) is 5.59. The molecule has 0 spiro atoms. The average molecular weight is 218 g/mol. The van der Waals surface area contributed by atoms with E-state index in [4.69, 9.17) is 12.2 Å². The van der Waals surface area contributed by atoms with Crippen LogP contribution in [0.4, 0.5) is 5.69 Å². The Hall–Kier alpha value is -2.15. The van der Waals surface area contributed by atoms with Crippen molar-refractivity contribution in [1.82, 2.24) is 5.32 Å². The standard InChI is InChI=1S/C12H14N2O2/c1-3-4-8(2)14-12(16)9-5-6-10(13)11(15)7-9/h1,5-8,15H,4,13H2,2H3,(H,14,16). The fourth-order valence-corrected chi connectivity index (χ4v) is 1.22. The third-order valence-electron chi connectivity index (χ3n) is 2.09. The van der Waals surface area contributed by atoms with Crippen LogP contribution in [0.15, 0.2) is 18.2 Å². The highest BCUT2D eigenvalue weighted by Gasteiger charge is 2.10. The van der Waals surface area contributed by atoms with Gasteiger partial charge in [-0.3, -0.25) is 4.79 Å². The van der Waals surface area contributed by atoms with Crippen molar-refractivity contribution in [1.29, 1.82) is 0 Å². The van der Waals surface area contributed by atoms with E-state index in [0.717, 1.165) is 0 Å². The summed E-state index contributed by atoms with van der Waals surface area (Å²) in [4.78, 5) is 11.7. The maximum atomic E-state index is 11.7. The van der Waals surface area contributed by atoms with E-state index in [2.05, 4.69) is 11.2 Å². The highest BCUT2D eigenvalue weighted by molar-refractivity contribution is 5.95. The lowest BCUT2D eigenvalue weighted by Crippen LogP contribution is -2.32. The van der Waals surface area contributed by atoms with Crippen LogP contribution in [-0.2, 0) is 0 Å². The monoisotopic (exact) mass is 218 g/mol. The van der Waals surface area contributed by atoms with Crippen molar-refractivity contribution in [3.63, 3.8) is 0 Å². The smallest absolute Gasteiger partial charge is 0.251 e. The quantitative estimate of drug-likeness (QED) is 0.404. The molecule has 4 N–H and O–H groups in total. The maximum Gasteiger partial charge on any atom is 0.251 e. The van der Waals surface area contributed by atoms with Gasteiger partial charge in [0.2, 0.25) is 0 Å². The minimum atomic E-state index is -0.280. The average Bonchev–Trinajstić information content (AvgIpc) is 2.22. The first-order valence-corrected chi connectivity index (χ1v) is 4.87. The van der Waals surface area contributed by atoms with Crippen molar-refractivity contribution in [2.75, 3.05) is 5.73 Å². The van der Waals surface area contributed by atoms with Crippen molar-refractivity contribution in [2.45, 2.75) is 19.4 Å². The molecule has 0 fully saturated rings. The van der Waals surface area contributed by atoms with Crippen molar-refractivity contribution >= 4 is 11.6 Å². The van der Waals surface area contributed by atoms with Crippen LogP contribution in [-0.4, -0.2) is 17.1 Å². The Morgan fingerprint density at radius 1 is 1.69 bits per heavy atom. The van der Waals surface area contributed by atoms with Crippen LogP contribution >= 0.6 is 0 Å². The van der Waals surface area contributed by atoms with E-state index in [9.17, 15) is 9.90 Å². The van der Waals surface area contributed by atoms with Gasteiger partial charge in [-0.05, 0) is 25.1 Å². The number of phenolic OH excluding ortho intramolecular Hbond substituents is 1. The van der Waals surface area contributed by atoms with Crippen LogP contribution in [0.3, 0.4) is 0 Å². The van der Waals surface area contributed by atoms with Gasteiger partial charge in [0.25, 0.3) is 5.91 Å². The molecule has 0 aromatic heterocycles. The molecule has 0 radical (unpaired) electrons. The van der Waals surface area contributed by atoms with E-state index in [1.165, 1.54) is 12.1 Å². The lowest BCUT2D eigenvalue weighted by atomic mass is 10.1. The number of rotatable bonds is 3. The molecule has 1 rings (SSSR count). The summed E-state index contributed by atoms with van der Waals surface area (Å²) < 4.78 is 0. The zero-order valence-corrected chi connectivity index (χ0v) is 9.03. The Labute approximate surface area is 94.5 Å². The molecule has 1 atom stereocenters. The molecule has 1 aromatic rings. The maximum absolute atomic E-state index is 11.7. The molecule has 0 aliphatic carbocycles. The first-order chi connectivity index (χ1) is 7.54. The molecule has 0 saturated heterocycles. The predicted molar refractivity (Wildman–Crippen MR) is 62.9 cm³/mol. The molecular weight excluding hydrogens is 204 g/mol. The van der Waals surface area contributed by atoms with Gasteiger partial charge in [-0.25, -0.2) is 0 Å². The van der Waals surface area contributed by atoms with Gasteiger partial charge >= 0.3 is 0 Å². The zero-order chi connectivity index (χ0) is 12.1. The molecule has 0 heterocycles. The van der Waals surface area contributed by atoms with E-state index in [0.29, 0.717) is 12.0 Å². The van der Waals surface area contributed by atoms with E-state index < -0.39 is 0 Å². The second kappa shape index (κ2) is 5.08. The molecular formula is C12H14N2O2. The number of nitrogens with two attached hydrogens (primary N) is 1. The number of carbonyl (C=O) groups is 1. The molecule has 0 aliphatic heterocycles. The molecule has 1 unspecified atom stereocenters. The normalized spacial score (nSPS) is 11.5. The third-order valence-corrected chi connectivity index (χ3v) is 2.09. The molecule has 1 aromatic carbocycles.